The number of benzene rings is 2. The van der Waals surface area contributed by atoms with Gasteiger partial charge in [-0.05, 0) is 80.6 Å². The molecule has 3 aliphatic rings. The molecule has 172 valence electrons. The van der Waals surface area contributed by atoms with E-state index in [9.17, 15) is 4.79 Å². The van der Waals surface area contributed by atoms with Gasteiger partial charge >= 0.3 is 0 Å². The van der Waals surface area contributed by atoms with Gasteiger partial charge in [0.15, 0.2) is 0 Å². The predicted molar refractivity (Wildman–Crippen MR) is 130 cm³/mol. The summed E-state index contributed by atoms with van der Waals surface area (Å²) >= 11 is 0. The van der Waals surface area contributed by atoms with E-state index in [1.165, 1.54) is 16.6 Å². The van der Waals surface area contributed by atoms with Crippen molar-refractivity contribution in [1.82, 2.24) is 24.7 Å². The fourth-order valence-electron chi connectivity index (χ4n) is 5.97. The van der Waals surface area contributed by atoms with E-state index < -0.39 is 0 Å². The molecule has 0 aliphatic carbocycles. The monoisotopic (exact) mass is 443 g/mol. The van der Waals surface area contributed by atoms with Crippen LogP contribution in [0, 0.1) is 0 Å². The highest BCUT2D eigenvalue weighted by atomic mass is 16.2. The zero-order valence-electron chi connectivity index (χ0n) is 19.5. The number of aryl methyl sites for hydroxylation is 1. The summed E-state index contributed by atoms with van der Waals surface area (Å²) in [5.41, 5.74) is 5.84. The van der Waals surface area contributed by atoms with Gasteiger partial charge in [-0.2, -0.15) is 0 Å². The molecule has 1 aromatic heterocycles. The number of aromatic nitrogens is 2. The van der Waals surface area contributed by atoms with Gasteiger partial charge in [0.25, 0.3) is 5.91 Å². The molecule has 0 saturated carbocycles. The largest absolute Gasteiger partial charge is 0.330 e. The number of nitrogens with one attached hydrogen (secondary N) is 1. The van der Waals surface area contributed by atoms with E-state index in [0.717, 1.165) is 81.9 Å². The van der Waals surface area contributed by atoms with Gasteiger partial charge in [0.2, 0.25) is 0 Å². The molecule has 33 heavy (non-hydrogen) atoms. The molecule has 1 unspecified atom stereocenters. The van der Waals surface area contributed by atoms with Crippen molar-refractivity contribution in [2.75, 3.05) is 26.2 Å². The van der Waals surface area contributed by atoms with E-state index in [1.54, 1.807) is 0 Å². The molecular formula is C27H33N5O. The van der Waals surface area contributed by atoms with Crippen LogP contribution in [-0.4, -0.2) is 57.5 Å². The summed E-state index contributed by atoms with van der Waals surface area (Å²) in [6, 6.07) is 15.3. The van der Waals surface area contributed by atoms with Gasteiger partial charge in [0, 0.05) is 31.7 Å². The summed E-state index contributed by atoms with van der Waals surface area (Å²) in [6.45, 7) is 5.86. The lowest BCUT2D eigenvalue weighted by molar-refractivity contribution is 0.0674. The number of piperidine rings is 2. The van der Waals surface area contributed by atoms with E-state index in [4.69, 9.17) is 4.98 Å². The van der Waals surface area contributed by atoms with Crippen molar-refractivity contribution in [2.45, 2.75) is 50.7 Å². The Morgan fingerprint density at radius 1 is 1.09 bits per heavy atom. The molecule has 1 amide bonds. The molecular weight excluding hydrogens is 410 g/mol. The Labute approximate surface area is 195 Å². The van der Waals surface area contributed by atoms with Crippen LogP contribution in [0.5, 0.6) is 0 Å². The minimum absolute atomic E-state index is 0.225. The topological polar surface area (TPSA) is 53.4 Å². The van der Waals surface area contributed by atoms with E-state index in [0.29, 0.717) is 12.0 Å². The maximum atomic E-state index is 13.0. The van der Waals surface area contributed by atoms with Gasteiger partial charge < -0.3 is 14.8 Å². The first kappa shape index (κ1) is 20.9. The molecule has 6 nitrogen and oxygen atoms in total. The van der Waals surface area contributed by atoms with Crippen LogP contribution in [0.25, 0.3) is 11.0 Å². The number of likely N-dealkylation sites (tertiary alicyclic amines) is 1. The molecule has 2 fully saturated rings. The van der Waals surface area contributed by atoms with Crippen molar-refractivity contribution < 1.29 is 4.79 Å². The number of nitrogens with zero attached hydrogens (tertiary/aromatic N) is 4. The molecule has 6 heteroatoms. The molecule has 1 N–H and O–H groups in total. The number of amides is 1. The molecule has 3 aromatic rings. The second-order valence-corrected chi connectivity index (χ2v) is 9.98. The quantitative estimate of drug-likeness (QED) is 0.669. The Bertz CT molecular complexity index is 1170. The lowest BCUT2D eigenvalue weighted by atomic mass is 9.88. The van der Waals surface area contributed by atoms with Crippen molar-refractivity contribution >= 4 is 16.9 Å². The van der Waals surface area contributed by atoms with Crippen molar-refractivity contribution in [3.63, 3.8) is 0 Å². The predicted octanol–water partition coefficient (Wildman–Crippen LogP) is 3.66. The first-order valence-corrected chi connectivity index (χ1v) is 12.4. The van der Waals surface area contributed by atoms with Crippen LogP contribution in [0.15, 0.2) is 42.5 Å². The Balaban J connectivity index is 1.10. The number of hydrogen-bond acceptors (Lipinski definition) is 4. The second kappa shape index (κ2) is 8.58. The highest BCUT2D eigenvalue weighted by molar-refractivity contribution is 5.98. The number of carbonyl (C=O) groups is 1. The highest BCUT2D eigenvalue weighted by Gasteiger charge is 2.34. The number of imidazole rings is 1. The van der Waals surface area contributed by atoms with Crippen LogP contribution in [0.2, 0.25) is 0 Å². The van der Waals surface area contributed by atoms with Gasteiger partial charge in [-0.3, -0.25) is 9.69 Å². The van der Waals surface area contributed by atoms with E-state index in [-0.39, 0.29) is 5.91 Å². The van der Waals surface area contributed by atoms with Gasteiger partial charge in [0.1, 0.15) is 5.82 Å². The maximum absolute atomic E-state index is 13.0. The van der Waals surface area contributed by atoms with E-state index >= 15 is 0 Å². The number of hydrogen-bond donors (Lipinski definition) is 1. The molecule has 6 rings (SSSR count). The summed E-state index contributed by atoms with van der Waals surface area (Å²) in [4.78, 5) is 22.5. The van der Waals surface area contributed by atoms with Crippen LogP contribution >= 0.6 is 0 Å². The zero-order valence-corrected chi connectivity index (χ0v) is 19.5. The van der Waals surface area contributed by atoms with Crippen LogP contribution < -0.4 is 5.32 Å². The summed E-state index contributed by atoms with van der Waals surface area (Å²) < 4.78 is 2.23. The first-order valence-electron chi connectivity index (χ1n) is 12.4. The lowest BCUT2D eigenvalue weighted by Crippen LogP contribution is -2.46. The van der Waals surface area contributed by atoms with Crippen LogP contribution in [0.4, 0.5) is 0 Å². The molecule has 1 atom stereocenters. The van der Waals surface area contributed by atoms with E-state index in [2.05, 4.69) is 69.2 Å². The Morgan fingerprint density at radius 2 is 1.94 bits per heavy atom. The third kappa shape index (κ3) is 3.85. The number of fused-ring (bicyclic) bond motifs is 2. The zero-order chi connectivity index (χ0) is 22.4. The molecule has 2 saturated heterocycles. The average Bonchev–Trinajstić information content (AvgIpc) is 3.36. The first-order chi connectivity index (χ1) is 16.2. The standard InChI is InChI=1S/C27H33N5O/c1-30-25-7-3-2-6-24(25)29-26(30)18-31-13-10-19(11-14-31)20-8-9-23-21(15-20)17-32(27(23)33)22-5-4-12-28-16-22/h2-3,6-9,15,19,22,28H,4-5,10-14,16-18H2,1H3. The van der Waals surface area contributed by atoms with Crippen molar-refractivity contribution in [1.29, 1.82) is 0 Å². The smallest absolute Gasteiger partial charge is 0.254 e. The fraction of sp³-hybridized carbons (Fsp3) is 0.481. The summed E-state index contributed by atoms with van der Waals surface area (Å²) in [5, 5.41) is 3.45. The summed E-state index contributed by atoms with van der Waals surface area (Å²) in [7, 11) is 2.12. The van der Waals surface area contributed by atoms with Crippen LogP contribution in [0.1, 0.15) is 58.9 Å². The van der Waals surface area contributed by atoms with Gasteiger partial charge in [-0.15, -0.1) is 0 Å². The van der Waals surface area contributed by atoms with Crippen molar-refractivity contribution in [2.24, 2.45) is 7.05 Å². The number of para-hydroxylation sites is 2. The van der Waals surface area contributed by atoms with Crippen molar-refractivity contribution in [3.05, 3.63) is 65.0 Å². The molecule has 4 heterocycles. The Morgan fingerprint density at radius 3 is 2.73 bits per heavy atom. The third-order valence-corrected chi connectivity index (χ3v) is 7.98. The highest BCUT2D eigenvalue weighted by Crippen LogP contribution is 2.33. The number of rotatable bonds is 4. The maximum Gasteiger partial charge on any atom is 0.254 e. The minimum Gasteiger partial charge on any atom is -0.330 e. The van der Waals surface area contributed by atoms with E-state index in [1.807, 2.05) is 0 Å². The number of carbonyl (C=O) groups excluding carboxylic acids is 1. The average molecular weight is 444 g/mol. The Hall–Kier alpha value is -2.70. The SMILES string of the molecule is Cn1c(CN2CCC(c3ccc4c(c3)CN(C3CCCNC3)C4=O)CC2)nc2ccccc21. The Kier molecular flexibility index (Phi) is 5.43. The van der Waals surface area contributed by atoms with Gasteiger partial charge in [-0.1, -0.05) is 24.3 Å². The summed E-state index contributed by atoms with van der Waals surface area (Å²) in [5.74, 6) is 1.94. The second-order valence-electron chi connectivity index (χ2n) is 9.98. The third-order valence-electron chi connectivity index (χ3n) is 7.98. The normalized spacial score (nSPS) is 22.3. The molecule has 0 bridgehead atoms. The molecule has 0 spiro atoms. The van der Waals surface area contributed by atoms with Crippen LogP contribution in [0.3, 0.4) is 0 Å². The molecule has 3 aliphatic heterocycles. The lowest BCUT2D eigenvalue weighted by Gasteiger charge is -2.32. The van der Waals surface area contributed by atoms with Crippen molar-refractivity contribution in [3.8, 4) is 0 Å². The van der Waals surface area contributed by atoms with Crippen LogP contribution in [-0.2, 0) is 20.1 Å². The molecule has 0 radical (unpaired) electrons. The van der Waals surface area contributed by atoms with Gasteiger partial charge in [0.05, 0.1) is 17.6 Å². The summed E-state index contributed by atoms with van der Waals surface area (Å²) in [6.07, 6.45) is 4.59. The minimum atomic E-state index is 0.225. The molecule has 2 aromatic carbocycles. The fourth-order valence-corrected chi connectivity index (χ4v) is 5.97. The van der Waals surface area contributed by atoms with Gasteiger partial charge in [-0.25, -0.2) is 4.98 Å².